The molecule has 0 spiro atoms. The summed E-state index contributed by atoms with van der Waals surface area (Å²) in [4.78, 5) is 30.4. The highest BCUT2D eigenvalue weighted by atomic mass is 32.1. The van der Waals surface area contributed by atoms with Crippen molar-refractivity contribution in [3.63, 3.8) is 0 Å². The van der Waals surface area contributed by atoms with E-state index in [1.807, 2.05) is 29.8 Å². The number of hydrogen-bond donors (Lipinski definition) is 2. The molecule has 130 valence electrons. The fourth-order valence-corrected chi connectivity index (χ4v) is 3.84. The summed E-state index contributed by atoms with van der Waals surface area (Å²) in [5.41, 5.74) is 3.70. The van der Waals surface area contributed by atoms with Crippen molar-refractivity contribution >= 4 is 34.5 Å². The van der Waals surface area contributed by atoms with Gasteiger partial charge in [-0.05, 0) is 38.3 Å². The van der Waals surface area contributed by atoms with Crippen molar-refractivity contribution in [2.45, 2.75) is 32.6 Å². The second kappa shape index (κ2) is 9.56. The van der Waals surface area contributed by atoms with E-state index >= 15 is 0 Å². The van der Waals surface area contributed by atoms with Gasteiger partial charge in [0.05, 0.1) is 18.2 Å². The van der Waals surface area contributed by atoms with Crippen molar-refractivity contribution in [1.82, 2.24) is 10.8 Å². The van der Waals surface area contributed by atoms with Crippen LogP contribution in [0, 0.1) is 6.92 Å². The van der Waals surface area contributed by atoms with Gasteiger partial charge in [0, 0.05) is 27.1 Å². The van der Waals surface area contributed by atoms with Gasteiger partial charge in [0.25, 0.3) is 11.8 Å². The molecule has 24 heavy (non-hydrogen) atoms. The van der Waals surface area contributed by atoms with E-state index in [1.54, 1.807) is 22.7 Å². The third-order valence-electron chi connectivity index (χ3n) is 3.49. The fourth-order valence-electron chi connectivity index (χ4n) is 2.25. The third kappa shape index (κ3) is 5.74. The summed E-state index contributed by atoms with van der Waals surface area (Å²) in [6, 6.07) is 3.81. The predicted octanol–water partition coefficient (Wildman–Crippen LogP) is 3.55. The molecule has 0 aliphatic carbocycles. The highest BCUT2D eigenvalue weighted by Crippen LogP contribution is 2.17. The van der Waals surface area contributed by atoms with E-state index in [9.17, 15) is 9.59 Å². The van der Waals surface area contributed by atoms with Gasteiger partial charge in [-0.15, -0.1) is 22.7 Å². The number of hydrogen-bond acceptors (Lipinski definition) is 5. The fraction of sp³-hybridized carbons (Fsp3) is 0.412. The molecule has 0 saturated carbocycles. The second-order valence-corrected chi connectivity index (χ2v) is 7.56. The number of nitrogens with one attached hydrogen (secondary N) is 2. The minimum absolute atomic E-state index is 0.00593. The number of unbranched alkanes of at least 4 members (excludes halogenated alkanes) is 2. The maximum atomic E-state index is 11.9. The van der Waals surface area contributed by atoms with Gasteiger partial charge in [-0.1, -0.05) is 6.42 Å². The van der Waals surface area contributed by atoms with E-state index in [2.05, 4.69) is 15.6 Å². The Bertz CT molecular complexity index is 679. The zero-order chi connectivity index (χ0) is 17.4. The van der Waals surface area contributed by atoms with Crippen molar-refractivity contribution in [2.75, 3.05) is 13.7 Å². The van der Waals surface area contributed by atoms with Crippen molar-refractivity contribution in [2.24, 2.45) is 0 Å². The lowest BCUT2D eigenvalue weighted by atomic mass is 10.1. The molecular formula is C17H22N2O3S2. The van der Waals surface area contributed by atoms with Crippen LogP contribution in [0.1, 0.15) is 49.7 Å². The predicted molar refractivity (Wildman–Crippen MR) is 97.7 cm³/mol. The number of carbonyl (C=O) groups excluding carboxylic acids is 2. The molecule has 0 saturated heterocycles. The molecule has 0 unspecified atom stereocenters. The minimum atomic E-state index is -0.216. The van der Waals surface area contributed by atoms with Crippen LogP contribution >= 0.6 is 22.7 Å². The largest absolute Gasteiger partial charge is 0.352 e. The average Bonchev–Trinajstić information content (AvgIpc) is 3.20. The zero-order valence-corrected chi connectivity index (χ0v) is 15.5. The smallest absolute Gasteiger partial charge is 0.275 e. The second-order valence-electron chi connectivity index (χ2n) is 5.45. The van der Waals surface area contributed by atoms with Gasteiger partial charge in [0.15, 0.2) is 0 Å². The van der Waals surface area contributed by atoms with E-state index in [0.29, 0.717) is 12.1 Å². The maximum absolute atomic E-state index is 11.9. The maximum Gasteiger partial charge on any atom is 0.275 e. The van der Waals surface area contributed by atoms with Gasteiger partial charge in [0.1, 0.15) is 0 Å². The van der Waals surface area contributed by atoms with E-state index in [4.69, 9.17) is 0 Å². The standard InChI is InChI=1S/C17H22N2O3S2/c1-12-8-13(10-23-12)16(20)18-7-5-3-4-6-15-9-14(11-24-15)17(21)19-22-2/h8-11H,3-7H2,1-2H3,(H,18,20)(H,19,21). The average molecular weight is 367 g/mol. The summed E-state index contributed by atoms with van der Waals surface area (Å²) >= 11 is 3.18. The molecule has 0 radical (unpaired) electrons. The Morgan fingerprint density at radius 2 is 1.79 bits per heavy atom. The first kappa shape index (κ1) is 18.6. The number of thiophene rings is 2. The summed E-state index contributed by atoms with van der Waals surface area (Å²) in [6.45, 7) is 2.69. The molecule has 2 amide bonds. The molecule has 7 heteroatoms. The Labute approximate surface area is 150 Å². The van der Waals surface area contributed by atoms with E-state index < -0.39 is 0 Å². The van der Waals surface area contributed by atoms with Crippen LogP contribution < -0.4 is 10.8 Å². The molecule has 2 aromatic rings. The van der Waals surface area contributed by atoms with Crippen LogP contribution in [0.4, 0.5) is 0 Å². The number of amides is 2. The van der Waals surface area contributed by atoms with Crippen LogP contribution in [0.3, 0.4) is 0 Å². The highest BCUT2D eigenvalue weighted by Gasteiger charge is 2.08. The molecule has 2 heterocycles. The Morgan fingerprint density at radius 3 is 2.50 bits per heavy atom. The zero-order valence-electron chi connectivity index (χ0n) is 13.9. The number of rotatable bonds is 9. The molecular weight excluding hydrogens is 344 g/mol. The molecule has 0 fully saturated rings. The molecule has 2 aromatic heterocycles. The van der Waals surface area contributed by atoms with Crippen LogP contribution in [0.2, 0.25) is 0 Å². The normalized spacial score (nSPS) is 10.6. The quantitative estimate of drug-likeness (QED) is 0.527. The molecule has 5 nitrogen and oxygen atoms in total. The van der Waals surface area contributed by atoms with Crippen molar-refractivity contribution in [3.05, 3.63) is 43.8 Å². The Morgan fingerprint density at radius 1 is 1.04 bits per heavy atom. The third-order valence-corrected chi connectivity index (χ3v) is 5.35. The van der Waals surface area contributed by atoms with Crippen LogP contribution in [-0.4, -0.2) is 25.5 Å². The lowest BCUT2D eigenvalue weighted by Crippen LogP contribution is -2.23. The lowest BCUT2D eigenvalue weighted by molar-refractivity contribution is 0.0538. The summed E-state index contributed by atoms with van der Waals surface area (Å²) in [5.74, 6) is -0.210. The molecule has 0 atom stereocenters. The molecule has 0 aliphatic heterocycles. The van der Waals surface area contributed by atoms with Gasteiger partial charge in [-0.2, -0.15) is 0 Å². The number of aryl methyl sites for hydroxylation is 2. The highest BCUT2D eigenvalue weighted by molar-refractivity contribution is 7.10. The van der Waals surface area contributed by atoms with E-state index in [0.717, 1.165) is 36.1 Å². The topological polar surface area (TPSA) is 67.4 Å². The SMILES string of the molecule is CONC(=O)c1csc(CCCCCNC(=O)c2csc(C)c2)c1. The van der Waals surface area contributed by atoms with Crippen LogP contribution in [-0.2, 0) is 11.3 Å². The molecule has 0 aromatic carbocycles. The van der Waals surface area contributed by atoms with Crippen molar-refractivity contribution < 1.29 is 14.4 Å². The number of hydroxylamine groups is 1. The van der Waals surface area contributed by atoms with E-state index in [1.165, 1.54) is 12.0 Å². The van der Waals surface area contributed by atoms with Gasteiger partial charge < -0.3 is 5.32 Å². The van der Waals surface area contributed by atoms with Gasteiger partial charge in [-0.3, -0.25) is 14.4 Å². The summed E-state index contributed by atoms with van der Waals surface area (Å²) in [6.07, 6.45) is 3.99. The van der Waals surface area contributed by atoms with Gasteiger partial charge in [0.2, 0.25) is 0 Å². The van der Waals surface area contributed by atoms with Gasteiger partial charge in [-0.25, -0.2) is 5.48 Å². The number of carbonyl (C=O) groups is 2. The van der Waals surface area contributed by atoms with Gasteiger partial charge >= 0.3 is 0 Å². The van der Waals surface area contributed by atoms with Crippen LogP contribution in [0.5, 0.6) is 0 Å². The Hall–Kier alpha value is -1.70. The van der Waals surface area contributed by atoms with E-state index in [-0.39, 0.29) is 11.8 Å². The van der Waals surface area contributed by atoms with Crippen molar-refractivity contribution in [3.8, 4) is 0 Å². The van der Waals surface area contributed by atoms with Crippen molar-refractivity contribution in [1.29, 1.82) is 0 Å². The first-order chi connectivity index (χ1) is 11.6. The first-order valence-electron chi connectivity index (χ1n) is 7.84. The minimum Gasteiger partial charge on any atom is -0.352 e. The molecule has 2 rings (SSSR count). The molecule has 2 N–H and O–H groups in total. The van der Waals surface area contributed by atoms with Crippen LogP contribution in [0.25, 0.3) is 0 Å². The summed E-state index contributed by atoms with van der Waals surface area (Å²) in [7, 11) is 1.42. The molecule has 0 aliphatic rings. The molecule has 0 bridgehead atoms. The van der Waals surface area contributed by atoms with Crippen LogP contribution in [0.15, 0.2) is 22.9 Å². The lowest BCUT2D eigenvalue weighted by Gasteiger charge is -2.03. The Balaban J connectivity index is 1.60. The summed E-state index contributed by atoms with van der Waals surface area (Å²) in [5, 5.41) is 6.68. The Kier molecular flexibility index (Phi) is 7.42. The summed E-state index contributed by atoms with van der Waals surface area (Å²) < 4.78 is 0. The first-order valence-corrected chi connectivity index (χ1v) is 9.60. The monoisotopic (exact) mass is 366 g/mol.